The number of ether oxygens (including phenoxy) is 1. The molecule has 11 heteroatoms. The van der Waals surface area contributed by atoms with Gasteiger partial charge in [-0.15, -0.1) is 5.10 Å². The van der Waals surface area contributed by atoms with Crippen LogP contribution in [-0.4, -0.2) is 46.4 Å². The van der Waals surface area contributed by atoms with Crippen LogP contribution in [0.25, 0.3) is 0 Å². The molecule has 0 radical (unpaired) electrons. The number of anilines is 1. The third-order valence-corrected chi connectivity index (χ3v) is 6.09. The predicted molar refractivity (Wildman–Crippen MR) is 122 cm³/mol. The third kappa shape index (κ3) is 5.15. The molecule has 2 aliphatic rings. The molecule has 2 amide bonds. The molecule has 1 saturated heterocycles. The second kappa shape index (κ2) is 10.0. The molecule has 4 rings (SSSR count). The second-order valence-corrected chi connectivity index (χ2v) is 8.27. The number of esters is 1. The lowest BCUT2D eigenvalue weighted by Gasteiger charge is -2.29. The molecular weight excluding hydrogens is 449 g/mol. The molecule has 2 aromatic carbocycles. The Hall–Kier alpha value is -3.44. The van der Waals surface area contributed by atoms with Crippen molar-refractivity contribution in [1.82, 2.24) is 15.9 Å². The van der Waals surface area contributed by atoms with Gasteiger partial charge >= 0.3 is 5.97 Å². The molecule has 0 aromatic heterocycles. The zero-order valence-corrected chi connectivity index (χ0v) is 18.5. The number of hydrazone groups is 1. The Morgan fingerprint density at radius 2 is 2.00 bits per heavy atom. The molecule has 2 aliphatic heterocycles. The molecule has 9 nitrogen and oxygen atoms in total. The van der Waals surface area contributed by atoms with E-state index in [1.165, 1.54) is 12.1 Å². The van der Waals surface area contributed by atoms with Crippen LogP contribution in [0.1, 0.15) is 35.3 Å². The highest BCUT2D eigenvalue weighted by Gasteiger charge is 2.42. The Kier molecular flexibility index (Phi) is 6.90. The average Bonchev–Trinajstić information content (AvgIpc) is 3.26. The number of hydrazine groups is 1. The first-order valence-corrected chi connectivity index (χ1v) is 11.3. The molecule has 2 aromatic rings. The van der Waals surface area contributed by atoms with Crippen LogP contribution >= 0.6 is 11.8 Å². The van der Waals surface area contributed by atoms with E-state index >= 15 is 0 Å². The lowest BCUT2D eigenvalue weighted by atomic mass is 10.0. The van der Waals surface area contributed by atoms with Gasteiger partial charge in [-0.3, -0.25) is 14.6 Å². The molecule has 1 fully saturated rings. The molecule has 0 aliphatic carbocycles. The highest BCUT2D eigenvalue weighted by molar-refractivity contribution is 8.14. The Labute approximate surface area is 193 Å². The van der Waals surface area contributed by atoms with Crippen LogP contribution < -0.4 is 16.2 Å². The maximum Gasteiger partial charge on any atom is 0.340 e. The first-order chi connectivity index (χ1) is 16.0. The minimum Gasteiger partial charge on any atom is -0.462 e. The summed E-state index contributed by atoms with van der Waals surface area (Å²) < 4.78 is 18.3. The first-order valence-electron chi connectivity index (χ1n) is 10.3. The van der Waals surface area contributed by atoms with Gasteiger partial charge in [-0.2, -0.15) is 0 Å². The number of amidine groups is 1. The summed E-state index contributed by atoms with van der Waals surface area (Å²) in [5.74, 6) is -1.46. The van der Waals surface area contributed by atoms with Crippen LogP contribution in [0.2, 0.25) is 0 Å². The van der Waals surface area contributed by atoms with Crippen LogP contribution in [0, 0.1) is 5.82 Å². The average molecular weight is 472 g/mol. The highest BCUT2D eigenvalue weighted by Crippen LogP contribution is 2.31. The van der Waals surface area contributed by atoms with Crippen molar-refractivity contribution in [1.29, 1.82) is 0 Å². The number of fused-ring (bicyclic) bond motifs is 1. The number of rotatable bonds is 6. The van der Waals surface area contributed by atoms with Crippen molar-refractivity contribution < 1.29 is 23.5 Å². The number of halogens is 1. The fraction of sp³-hybridized carbons (Fsp3) is 0.273. The van der Waals surface area contributed by atoms with Gasteiger partial charge in [0.05, 0.1) is 29.7 Å². The monoisotopic (exact) mass is 471 g/mol. The van der Waals surface area contributed by atoms with Gasteiger partial charge < -0.3 is 10.1 Å². The number of nitrogens with one attached hydrogen (secondary N) is 3. The quantitative estimate of drug-likeness (QED) is 0.555. The Balaban J connectivity index is 1.39. The number of carbonyl (C=O) groups is 3. The van der Waals surface area contributed by atoms with Crippen molar-refractivity contribution in [3.8, 4) is 0 Å². The van der Waals surface area contributed by atoms with Crippen molar-refractivity contribution in [3.63, 3.8) is 0 Å². The fourth-order valence-electron chi connectivity index (χ4n) is 3.59. The first kappa shape index (κ1) is 22.7. The molecule has 0 saturated carbocycles. The third-order valence-electron chi connectivity index (χ3n) is 5.14. The molecule has 172 valence electrons. The lowest BCUT2D eigenvalue weighted by Crippen LogP contribution is -2.52. The Morgan fingerprint density at radius 1 is 1.24 bits per heavy atom. The maximum absolute atomic E-state index is 13.3. The number of thioether (sulfide) groups is 1. The summed E-state index contributed by atoms with van der Waals surface area (Å²) in [6.45, 7) is 1.94. The van der Waals surface area contributed by atoms with Crippen LogP contribution in [0.15, 0.2) is 53.6 Å². The molecule has 3 N–H and O–H groups in total. The van der Waals surface area contributed by atoms with Crippen LogP contribution in [-0.2, 0) is 14.3 Å². The summed E-state index contributed by atoms with van der Waals surface area (Å²) in [5.41, 5.74) is 7.18. The maximum atomic E-state index is 13.3. The van der Waals surface area contributed by atoms with E-state index in [1.807, 2.05) is 0 Å². The van der Waals surface area contributed by atoms with Crippen molar-refractivity contribution in [3.05, 3.63) is 65.5 Å². The lowest BCUT2D eigenvalue weighted by molar-refractivity contribution is -0.125. The van der Waals surface area contributed by atoms with Gasteiger partial charge in [0, 0.05) is 0 Å². The predicted octanol–water partition coefficient (Wildman–Crippen LogP) is 2.40. The zero-order valence-electron chi connectivity index (χ0n) is 17.7. The minimum atomic E-state index is -0.517. The molecule has 33 heavy (non-hydrogen) atoms. The number of nitrogens with zero attached hydrogens (tertiary/aromatic N) is 2. The SMILES string of the molecule is CCOC(=O)c1ccccc1NC(=O)CSC1=NNC(=O)C2CC(c3ccc(F)cc3)NN12. The number of hydrogen-bond donors (Lipinski definition) is 3. The summed E-state index contributed by atoms with van der Waals surface area (Å²) >= 11 is 1.14. The number of hydrogen-bond acceptors (Lipinski definition) is 8. The smallest absolute Gasteiger partial charge is 0.340 e. The topological polar surface area (TPSA) is 112 Å². The van der Waals surface area contributed by atoms with E-state index in [1.54, 1.807) is 48.3 Å². The number of benzene rings is 2. The van der Waals surface area contributed by atoms with Gasteiger partial charge in [0.1, 0.15) is 11.9 Å². The van der Waals surface area contributed by atoms with Crippen molar-refractivity contribution >= 4 is 40.4 Å². The van der Waals surface area contributed by atoms with Crippen molar-refractivity contribution in [2.45, 2.75) is 25.4 Å². The second-order valence-electron chi connectivity index (χ2n) is 7.33. The van der Waals surface area contributed by atoms with E-state index in [4.69, 9.17) is 4.74 Å². The van der Waals surface area contributed by atoms with Gasteiger partial charge in [0.15, 0.2) is 5.17 Å². The van der Waals surface area contributed by atoms with E-state index in [0.717, 1.165) is 17.3 Å². The fourth-order valence-corrected chi connectivity index (χ4v) is 4.35. The van der Waals surface area contributed by atoms with Gasteiger partial charge in [0.25, 0.3) is 5.91 Å². The number of amides is 2. The molecule has 0 spiro atoms. The molecule has 2 unspecified atom stereocenters. The number of carbonyl (C=O) groups excluding carboxylic acids is 3. The summed E-state index contributed by atoms with van der Waals surface area (Å²) in [6.07, 6.45) is 0.468. The molecule has 2 heterocycles. The minimum absolute atomic E-state index is 0.00201. The molecule has 0 bridgehead atoms. The largest absolute Gasteiger partial charge is 0.462 e. The van der Waals surface area contributed by atoms with E-state index in [-0.39, 0.29) is 41.6 Å². The van der Waals surface area contributed by atoms with Gasteiger partial charge in [-0.05, 0) is 43.2 Å². The summed E-state index contributed by atoms with van der Waals surface area (Å²) in [6, 6.07) is 12.0. The summed E-state index contributed by atoms with van der Waals surface area (Å²) in [5, 5.41) is 8.86. The summed E-state index contributed by atoms with van der Waals surface area (Å²) in [4.78, 5) is 37.0. The standard InChI is InChI=1S/C22H22FN5O4S/c1-2-32-21(31)15-5-3-4-6-16(15)24-19(29)12-33-22-26-25-20(30)18-11-17(27-28(18)22)13-7-9-14(23)10-8-13/h3-10,17-18,27H,2,11-12H2,1H3,(H,24,29)(H,25,30). The molecular formula is C22H22FN5O4S. The van der Waals surface area contributed by atoms with Crippen molar-refractivity contribution in [2.24, 2.45) is 5.10 Å². The van der Waals surface area contributed by atoms with E-state index in [2.05, 4.69) is 21.3 Å². The number of para-hydroxylation sites is 1. The van der Waals surface area contributed by atoms with Gasteiger partial charge in [-0.1, -0.05) is 36.0 Å². The normalized spacial score (nSPS) is 19.4. The van der Waals surface area contributed by atoms with Crippen LogP contribution in [0.5, 0.6) is 0 Å². The van der Waals surface area contributed by atoms with Crippen molar-refractivity contribution in [2.75, 3.05) is 17.7 Å². The van der Waals surface area contributed by atoms with E-state index in [9.17, 15) is 18.8 Å². The van der Waals surface area contributed by atoms with E-state index < -0.39 is 12.0 Å². The Morgan fingerprint density at radius 3 is 2.76 bits per heavy atom. The van der Waals surface area contributed by atoms with E-state index in [0.29, 0.717) is 17.3 Å². The van der Waals surface area contributed by atoms with Gasteiger partial charge in [0.2, 0.25) is 5.91 Å². The van der Waals surface area contributed by atoms with Gasteiger partial charge in [-0.25, -0.2) is 20.0 Å². The molecule has 2 atom stereocenters. The zero-order chi connectivity index (χ0) is 23.4. The van der Waals surface area contributed by atoms with Crippen LogP contribution in [0.4, 0.5) is 10.1 Å². The van der Waals surface area contributed by atoms with Crippen LogP contribution in [0.3, 0.4) is 0 Å². The summed E-state index contributed by atoms with van der Waals surface area (Å²) in [7, 11) is 0. The highest BCUT2D eigenvalue weighted by atomic mass is 32.2. The Bertz CT molecular complexity index is 1090.